The van der Waals surface area contributed by atoms with Crippen LogP contribution in [0.3, 0.4) is 0 Å². The van der Waals surface area contributed by atoms with Crippen LogP contribution < -0.4 is 0 Å². The monoisotopic (exact) mass is 179 g/mol. The second-order valence-corrected chi connectivity index (χ2v) is 2.79. The Morgan fingerprint density at radius 2 is 2.25 bits per heavy atom. The summed E-state index contributed by atoms with van der Waals surface area (Å²) in [4.78, 5) is 12.0. The molecule has 0 amide bonds. The van der Waals surface area contributed by atoms with E-state index >= 15 is 0 Å². The Hall–Kier alpha value is -1.22. The summed E-state index contributed by atoms with van der Waals surface area (Å²) in [6, 6.07) is 3.64. The van der Waals surface area contributed by atoms with Gasteiger partial charge in [0.15, 0.2) is 0 Å². The number of nitrogens with zero attached hydrogens (tertiary/aromatic N) is 3. The Kier molecular flexibility index (Phi) is 1.87. The van der Waals surface area contributed by atoms with Gasteiger partial charge in [0, 0.05) is 11.8 Å². The molecule has 0 unspecified atom stereocenters. The molecule has 4 heteroatoms. The van der Waals surface area contributed by atoms with Crippen molar-refractivity contribution in [3.8, 4) is 0 Å². The smallest absolute Gasteiger partial charge is 0.129 e. The van der Waals surface area contributed by atoms with Gasteiger partial charge in [-0.3, -0.25) is 4.99 Å². The topological polar surface area (TPSA) is 37.6 Å². The number of aliphatic imine (C=N–C) groups is 2. The highest BCUT2D eigenvalue weighted by molar-refractivity contribution is 6.29. The van der Waals surface area contributed by atoms with Gasteiger partial charge in [0.05, 0.1) is 12.3 Å². The van der Waals surface area contributed by atoms with Gasteiger partial charge in [0.1, 0.15) is 11.5 Å². The van der Waals surface area contributed by atoms with Gasteiger partial charge in [-0.1, -0.05) is 11.6 Å². The molecule has 60 valence electrons. The second kappa shape index (κ2) is 3.03. The molecule has 12 heavy (non-hydrogen) atoms. The summed E-state index contributed by atoms with van der Waals surface area (Å²) in [5, 5.41) is 0.498. The highest BCUT2D eigenvalue weighted by Crippen LogP contribution is 2.07. The average Bonchev–Trinajstić information content (AvgIpc) is 2.58. The molecule has 2 heterocycles. The van der Waals surface area contributed by atoms with Crippen LogP contribution in [0.25, 0.3) is 0 Å². The van der Waals surface area contributed by atoms with Crippen LogP contribution >= 0.6 is 11.6 Å². The molecular formula is C8H6ClN3. The maximum atomic E-state index is 5.64. The molecule has 0 bridgehead atoms. The fourth-order valence-corrected chi connectivity index (χ4v) is 1.10. The molecule has 0 aromatic carbocycles. The van der Waals surface area contributed by atoms with Gasteiger partial charge in [-0.15, -0.1) is 0 Å². The van der Waals surface area contributed by atoms with E-state index in [0.29, 0.717) is 11.7 Å². The maximum Gasteiger partial charge on any atom is 0.129 e. The lowest BCUT2D eigenvalue weighted by Gasteiger charge is -1.97. The lowest BCUT2D eigenvalue weighted by Crippen LogP contribution is -2.01. The van der Waals surface area contributed by atoms with E-state index < -0.39 is 0 Å². The van der Waals surface area contributed by atoms with Gasteiger partial charge in [-0.2, -0.15) is 0 Å². The van der Waals surface area contributed by atoms with Gasteiger partial charge < -0.3 is 0 Å². The van der Waals surface area contributed by atoms with Crippen molar-refractivity contribution in [2.45, 2.75) is 0 Å². The summed E-state index contributed by atoms with van der Waals surface area (Å²) in [5.41, 5.74) is 1.93. The Morgan fingerprint density at radius 3 is 2.83 bits per heavy atom. The predicted molar refractivity (Wildman–Crippen MR) is 49.1 cm³/mol. The summed E-state index contributed by atoms with van der Waals surface area (Å²) in [5.74, 6) is 0. The largest absolute Gasteiger partial charge is 0.267 e. The first-order valence-electron chi connectivity index (χ1n) is 3.53. The van der Waals surface area contributed by atoms with Crippen LogP contribution in [0.5, 0.6) is 0 Å². The molecule has 2 rings (SSSR count). The van der Waals surface area contributed by atoms with E-state index in [1.165, 1.54) is 0 Å². The highest BCUT2D eigenvalue weighted by Gasteiger charge is 2.05. The zero-order chi connectivity index (χ0) is 8.39. The minimum atomic E-state index is 0.498. The van der Waals surface area contributed by atoms with E-state index in [2.05, 4.69) is 15.0 Å². The van der Waals surface area contributed by atoms with Gasteiger partial charge in [0.25, 0.3) is 0 Å². The Morgan fingerprint density at radius 1 is 1.33 bits per heavy atom. The van der Waals surface area contributed by atoms with Crippen molar-refractivity contribution in [3.63, 3.8) is 0 Å². The van der Waals surface area contributed by atoms with Gasteiger partial charge >= 0.3 is 0 Å². The minimum absolute atomic E-state index is 0.498. The maximum absolute atomic E-state index is 5.64. The third-order valence-corrected chi connectivity index (χ3v) is 1.82. The number of pyridine rings is 1. The van der Waals surface area contributed by atoms with Crippen molar-refractivity contribution in [2.24, 2.45) is 9.98 Å². The van der Waals surface area contributed by atoms with Gasteiger partial charge in [-0.05, 0) is 12.1 Å². The van der Waals surface area contributed by atoms with Crippen molar-refractivity contribution in [1.29, 1.82) is 0 Å². The normalized spacial score (nSPS) is 14.9. The SMILES string of the molecule is Clc1ccc(C2=NC=NC2)cn1. The molecule has 1 aliphatic heterocycles. The van der Waals surface area contributed by atoms with Crippen molar-refractivity contribution >= 4 is 23.7 Å². The number of rotatable bonds is 1. The fourth-order valence-electron chi connectivity index (χ4n) is 0.991. The van der Waals surface area contributed by atoms with Crippen LogP contribution in [-0.4, -0.2) is 23.6 Å². The van der Waals surface area contributed by atoms with Crippen molar-refractivity contribution in [1.82, 2.24) is 4.98 Å². The highest BCUT2D eigenvalue weighted by atomic mass is 35.5. The van der Waals surface area contributed by atoms with Crippen molar-refractivity contribution in [2.75, 3.05) is 6.54 Å². The molecule has 0 saturated heterocycles. The molecule has 1 aliphatic rings. The minimum Gasteiger partial charge on any atom is -0.267 e. The Bertz CT molecular complexity index is 340. The average molecular weight is 180 g/mol. The van der Waals surface area contributed by atoms with E-state index in [0.717, 1.165) is 11.3 Å². The number of hydrogen-bond acceptors (Lipinski definition) is 3. The van der Waals surface area contributed by atoms with Crippen LogP contribution in [0.2, 0.25) is 5.15 Å². The van der Waals surface area contributed by atoms with Crippen molar-refractivity contribution < 1.29 is 0 Å². The van der Waals surface area contributed by atoms with Gasteiger partial charge in [0.2, 0.25) is 0 Å². The Balaban J connectivity index is 2.30. The third kappa shape index (κ3) is 1.36. The predicted octanol–water partition coefficient (Wildman–Crippen LogP) is 1.57. The van der Waals surface area contributed by atoms with Crippen LogP contribution in [0.4, 0.5) is 0 Å². The first kappa shape index (κ1) is 7.43. The summed E-state index contributed by atoms with van der Waals surface area (Å²) >= 11 is 5.64. The van der Waals surface area contributed by atoms with Gasteiger partial charge in [-0.25, -0.2) is 9.98 Å². The van der Waals surface area contributed by atoms with E-state index in [1.54, 1.807) is 18.6 Å². The van der Waals surface area contributed by atoms with Crippen molar-refractivity contribution in [3.05, 3.63) is 29.0 Å². The van der Waals surface area contributed by atoms with Crippen LogP contribution in [0, 0.1) is 0 Å². The first-order valence-corrected chi connectivity index (χ1v) is 3.91. The second-order valence-electron chi connectivity index (χ2n) is 2.40. The fraction of sp³-hybridized carbons (Fsp3) is 0.125. The quantitative estimate of drug-likeness (QED) is 0.603. The lowest BCUT2D eigenvalue weighted by molar-refractivity contribution is 1.29. The molecule has 0 saturated carbocycles. The Labute approximate surface area is 74.8 Å². The zero-order valence-electron chi connectivity index (χ0n) is 6.24. The zero-order valence-corrected chi connectivity index (χ0v) is 6.99. The number of halogens is 1. The number of aromatic nitrogens is 1. The summed E-state index contributed by atoms with van der Waals surface area (Å²) in [6.07, 6.45) is 3.26. The molecule has 3 nitrogen and oxygen atoms in total. The van der Waals surface area contributed by atoms with E-state index in [-0.39, 0.29) is 0 Å². The molecule has 0 atom stereocenters. The first-order chi connectivity index (χ1) is 5.86. The molecule has 0 aliphatic carbocycles. The van der Waals surface area contributed by atoms with Crippen LogP contribution in [0.1, 0.15) is 5.56 Å². The van der Waals surface area contributed by atoms with Crippen LogP contribution in [-0.2, 0) is 0 Å². The molecule has 1 aromatic heterocycles. The van der Waals surface area contributed by atoms with E-state index in [9.17, 15) is 0 Å². The molecule has 0 radical (unpaired) electrons. The molecule has 0 N–H and O–H groups in total. The van der Waals surface area contributed by atoms with Crippen LogP contribution in [0.15, 0.2) is 28.3 Å². The third-order valence-electron chi connectivity index (χ3n) is 1.60. The summed E-state index contributed by atoms with van der Waals surface area (Å²) < 4.78 is 0. The summed E-state index contributed by atoms with van der Waals surface area (Å²) in [7, 11) is 0. The van der Waals surface area contributed by atoms with E-state index in [1.807, 2.05) is 6.07 Å². The van der Waals surface area contributed by atoms with E-state index in [4.69, 9.17) is 11.6 Å². The molecule has 0 fully saturated rings. The summed E-state index contributed by atoms with van der Waals surface area (Å²) in [6.45, 7) is 0.642. The number of hydrogen-bond donors (Lipinski definition) is 0. The standard InChI is InChI=1S/C8H6ClN3/c9-8-2-1-6(3-11-8)7-4-10-5-12-7/h1-3,5H,4H2. The molecule has 1 aromatic rings. The lowest BCUT2D eigenvalue weighted by atomic mass is 10.2. The molecular weight excluding hydrogens is 174 g/mol. The molecule has 0 spiro atoms.